The molecule has 3 aromatic carbocycles. The number of para-hydroxylation sites is 2. The van der Waals surface area contributed by atoms with Crippen LogP contribution in [0.2, 0.25) is 0 Å². The molecule has 1 atom stereocenters. The fraction of sp³-hybridized carbons (Fsp3) is 0.200. The summed E-state index contributed by atoms with van der Waals surface area (Å²) in [6.07, 6.45) is 0.618. The molecular weight excluding hydrogens is 394 g/mol. The minimum absolute atomic E-state index is 0.00810. The van der Waals surface area contributed by atoms with E-state index in [2.05, 4.69) is 5.32 Å². The second-order valence-electron chi connectivity index (χ2n) is 7.15. The number of furan rings is 1. The summed E-state index contributed by atoms with van der Waals surface area (Å²) in [5, 5.41) is 5.71. The lowest BCUT2D eigenvalue weighted by atomic mass is 10.0. The van der Waals surface area contributed by atoms with Crippen molar-refractivity contribution in [2.24, 2.45) is 0 Å². The van der Waals surface area contributed by atoms with Gasteiger partial charge in [-0.25, -0.2) is 0 Å². The zero-order valence-corrected chi connectivity index (χ0v) is 17.4. The zero-order valence-electron chi connectivity index (χ0n) is 17.4. The van der Waals surface area contributed by atoms with E-state index in [9.17, 15) is 9.59 Å². The third-order valence-electron chi connectivity index (χ3n) is 5.00. The number of carbonyl (C=O) groups is 2. The van der Waals surface area contributed by atoms with E-state index >= 15 is 0 Å². The van der Waals surface area contributed by atoms with Crippen LogP contribution in [0.15, 0.2) is 71.3 Å². The van der Waals surface area contributed by atoms with E-state index in [0.29, 0.717) is 23.6 Å². The van der Waals surface area contributed by atoms with Crippen molar-refractivity contribution in [3.05, 3.63) is 72.5 Å². The predicted octanol–water partition coefficient (Wildman–Crippen LogP) is 5.10. The first kappa shape index (κ1) is 20.5. The number of benzene rings is 3. The molecule has 0 bridgehead atoms. The fourth-order valence-corrected chi connectivity index (χ4v) is 3.54. The largest absolute Gasteiger partial charge is 0.492 e. The number of hydrogen-bond acceptors (Lipinski definition) is 5. The minimum Gasteiger partial charge on any atom is -0.492 e. The lowest BCUT2D eigenvalue weighted by molar-refractivity contribution is -0.152. The standard InChI is InChI=1S/C25H23NO5/c1-3-29-21-11-7-6-10-20(21)26-25(28)16(2)31-23(27)14-18-15-30-22-13-12-17-8-4-5-9-19(17)24(18)22/h4-13,15-16H,3,14H2,1-2H3,(H,26,28)/t16-/m0/s1. The van der Waals surface area contributed by atoms with Crippen molar-refractivity contribution in [3.8, 4) is 5.75 Å². The predicted molar refractivity (Wildman–Crippen MR) is 119 cm³/mol. The summed E-state index contributed by atoms with van der Waals surface area (Å²) in [5.41, 5.74) is 1.97. The molecule has 158 valence electrons. The highest BCUT2D eigenvalue weighted by atomic mass is 16.5. The van der Waals surface area contributed by atoms with Crippen LogP contribution in [-0.4, -0.2) is 24.6 Å². The number of hydrogen-bond donors (Lipinski definition) is 1. The molecule has 0 spiro atoms. The quantitative estimate of drug-likeness (QED) is 0.424. The van der Waals surface area contributed by atoms with E-state index in [1.165, 1.54) is 0 Å². The lowest BCUT2D eigenvalue weighted by Crippen LogP contribution is -2.30. The Hall–Kier alpha value is -3.80. The molecule has 0 unspecified atom stereocenters. The minimum atomic E-state index is -0.961. The van der Waals surface area contributed by atoms with Crippen LogP contribution >= 0.6 is 0 Å². The number of ether oxygens (including phenoxy) is 2. The van der Waals surface area contributed by atoms with Gasteiger partial charge in [-0.15, -0.1) is 0 Å². The van der Waals surface area contributed by atoms with Crippen molar-refractivity contribution in [1.82, 2.24) is 0 Å². The second kappa shape index (κ2) is 8.92. The van der Waals surface area contributed by atoms with Crippen LogP contribution < -0.4 is 10.1 Å². The molecule has 1 aromatic heterocycles. The maximum Gasteiger partial charge on any atom is 0.311 e. The maximum atomic E-state index is 12.6. The topological polar surface area (TPSA) is 77.8 Å². The number of rotatable bonds is 7. The Labute approximate surface area is 179 Å². The van der Waals surface area contributed by atoms with E-state index in [1.54, 1.807) is 31.4 Å². The van der Waals surface area contributed by atoms with Gasteiger partial charge >= 0.3 is 5.97 Å². The van der Waals surface area contributed by atoms with Crippen LogP contribution in [-0.2, 0) is 20.7 Å². The molecule has 31 heavy (non-hydrogen) atoms. The fourth-order valence-electron chi connectivity index (χ4n) is 3.54. The van der Waals surface area contributed by atoms with Crippen LogP contribution in [0.4, 0.5) is 5.69 Å². The van der Waals surface area contributed by atoms with Gasteiger partial charge in [-0.3, -0.25) is 9.59 Å². The van der Waals surface area contributed by atoms with Crippen LogP contribution in [0, 0.1) is 0 Å². The Morgan fingerprint density at radius 3 is 2.65 bits per heavy atom. The number of carbonyl (C=O) groups excluding carboxylic acids is 2. The van der Waals surface area contributed by atoms with Crippen LogP contribution in [0.25, 0.3) is 21.7 Å². The Morgan fingerprint density at radius 1 is 1.03 bits per heavy atom. The summed E-state index contributed by atoms with van der Waals surface area (Å²) in [5.74, 6) is -0.368. The third-order valence-corrected chi connectivity index (χ3v) is 5.00. The van der Waals surface area contributed by atoms with E-state index in [0.717, 1.165) is 21.7 Å². The Bertz CT molecular complexity index is 1240. The summed E-state index contributed by atoms with van der Waals surface area (Å²) >= 11 is 0. The third kappa shape index (κ3) is 4.38. The van der Waals surface area contributed by atoms with E-state index in [1.807, 2.05) is 49.4 Å². The van der Waals surface area contributed by atoms with Crippen LogP contribution in [0.3, 0.4) is 0 Å². The monoisotopic (exact) mass is 417 g/mol. The van der Waals surface area contributed by atoms with Gasteiger partial charge in [0.05, 0.1) is 25.0 Å². The molecule has 4 aromatic rings. The Balaban J connectivity index is 1.45. The van der Waals surface area contributed by atoms with E-state index in [-0.39, 0.29) is 6.42 Å². The van der Waals surface area contributed by atoms with Gasteiger partial charge in [0.2, 0.25) is 0 Å². The Morgan fingerprint density at radius 2 is 1.81 bits per heavy atom. The second-order valence-corrected chi connectivity index (χ2v) is 7.15. The highest BCUT2D eigenvalue weighted by Gasteiger charge is 2.21. The number of fused-ring (bicyclic) bond motifs is 3. The molecule has 0 saturated carbocycles. The maximum absolute atomic E-state index is 12.6. The van der Waals surface area contributed by atoms with Gasteiger partial charge in [-0.1, -0.05) is 42.5 Å². The lowest BCUT2D eigenvalue weighted by Gasteiger charge is -2.15. The van der Waals surface area contributed by atoms with Gasteiger partial charge in [0.1, 0.15) is 11.3 Å². The molecule has 0 aliphatic carbocycles. The van der Waals surface area contributed by atoms with E-state index in [4.69, 9.17) is 13.9 Å². The molecule has 6 heteroatoms. The normalized spacial score (nSPS) is 11.9. The average molecular weight is 417 g/mol. The molecule has 1 N–H and O–H groups in total. The molecule has 6 nitrogen and oxygen atoms in total. The molecule has 0 radical (unpaired) electrons. The molecule has 4 rings (SSSR count). The van der Waals surface area contributed by atoms with Gasteiger partial charge in [0, 0.05) is 10.9 Å². The summed E-state index contributed by atoms with van der Waals surface area (Å²) in [6, 6.07) is 18.9. The highest BCUT2D eigenvalue weighted by Crippen LogP contribution is 2.30. The number of anilines is 1. The van der Waals surface area contributed by atoms with Crippen LogP contribution in [0.5, 0.6) is 5.75 Å². The zero-order chi connectivity index (χ0) is 21.8. The van der Waals surface area contributed by atoms with Crippen molar-refractivity contribution in [1.29, 1.82) is 0 Å². The van der Waals surface area contributed by atoms with Gasteiger partial charge < -0.3 is 19.2 Å². The molecule has 1 heterocycles. The summed E-state index contributed by atoms with van der Waals surface area (Å²) in [4.78, 5) is 25.1. The van der Waals surface area contributed by atoms with Gasteiger partial charge in [-0.2, -0.15) is 0 Å². The van der Waals surface area contributed by atoms with Crippen molar-refractivity contribution >= 4 is 39.3 Å². The van der Waals surface area contributed by atoms with Gasteiger partial charge in [0.25, 0.3) is 5.91 Å². The molecule has 1 amide bonds. The Kier molecular flexibility index (Phi) is 5.89. The van der Waals surface area contributed by atoms with Crippen molar-refractivity contribution < 1.29 is 23.5 Å². The molecule has 0 aliphatic rings. The number of nitrogens with one attached hydrogen (secondary N) is 1. The van der Waals surface area contributed by atoms with Crippen molar-refractivity contribution in [2.75, 3.05) is 11.9 Å². The van der Waals surface area contributed by atoms with Crippen molar-refractivity contribution in [3.63, 3.8) is 0 Å². The number of esters is 1. The molecule has 0 saturated heterocycles. The smallest absolute Gasteiger partial charge is 0.311 e. The average Bonchev–Trinajstić information content (AvgIpc) is 3.18. The SMILES string of the molecule is CCOc1ccccc1NC(=O)[C@H](C)OC(=O)Cc1coc2ccc3ccccc3c12. The number of amides is 1. The summed E-state index contributed by atoms with van der Waals surface area (Å²) in [7, 11) is 0. The van der Waals surface area contributed by atoms with Crippen molar-refractivity contribution in [2.45, 2.75) is 26.4 Å². The summed E-state index contributed by atoms with van der Waals surface area (Å²) < 4.78 is 16.5. The summed E-state index contributed by atoms with van der Waals surface area (Å²) in [6.45, 7) is 3.88. The first-order valence-electron chi connectivity index (χ1n) is 10.2. The highest BCUT2D eigenvalue weighted by molar-refractivity contribution is 6.08. The first-order chi connectivity index (χ1) is 15.1. The van der Waals surface area contributed by atoms with Gasteiger partial charge in [0.15, 0.2) is 6.10 Å². The molecule has 0 aliphatic heterocycles. The van der Waals surface area contributed by atoms with Crippen LogP contribution in [0.1, 0.15) is 19.4 Å². The van der Waals surface area contributed by atoms with Gasteiger partial charge in [-0.05, 0) is 42.8 Å². The van der Waals surface area contributed by atoms with E-state index < -0.39 is 18.0 Å². The molecule has 0 fully saturated rings. The first-order valence-corrected chi connectivity index (χ1v) is 10.2. The molecular formula is C25H23NO5.